The molecule has 2 aromatic heterocycles. The Morgan fingerprint density at radius 3 is 2.53 bits per heavy atom. The predicted octanol–water partition coefficient (Wildman–Crippen LogP) is 0.672. The van der Waals surface area contributed by atoms with Gasteiger partial charge in [-0.05, 0) is 31.0 Å². The highest BCUT2D eigenvalue weighted by Crippen LogP contribution is 2.06. The highest BCUT2D eigenvalue weighted by Gasteiger charge is 2.17. The van der Waals surface area contributed by atoms with Gasteiger partial charge in [0.1, 0.15) is 5.69 Å². The smallest absolute Gasteiger partial charge is 0.339 e. The van der Waals surface area contributed by atoms with Crippen molar-refractivity contribution in [3.63, 3.8) is 0 Å². The fourth-order valence-electron chi connectivity index (χ4n) is 1.57. The number of primary amides is 1. The van der Waals surface area contributed by atoms with Crippen LogP contribution in [-0.2, 0) is 0 Å². The molecule has 0 aliphatic carbocycles. The van der Waals surface area contributed by atoms with Crippen molar-refractivity contribution in [2.24, 2.45) is 5.73 Å². The molecular weight excluding hydrogens is 242 g/mol. The summed E-state index contributed by atoms with van der Waals surface area (Å²) in [4.78, 5) is 19.8. The number of amides is 1. The van der Waals surface area contributed by atoms with Crippen LogP contribution in [0.4, 0.5) is 5.95 Å². The summed E-state index contributed by atoms with van der Waals surface area (Å²) in [5.74, 6) is 0.400. The Bertz CT molecular complexity index is 583. The zero-order chi connectivity index (χ0) is 13.8. The molecule has 0 aliphatic rings. The number of hydrogen-bond donors (Lipinski definition) is 2. The number of nitrogens with one attached hydrogen (secondary N) is 1. The number of hydrogen-bond acceptors (Lipinski definition) is 4. The molecule has 0 aromatic carbocycles. The van der Waals surface area contributed by atoms with Crippen LogP contribution in [0.15, 0.2) is 36.7 Å². The molecule has 6 heteroatoms. The van der Waals surface area contributed by atoms with Crippen LogP contribution in [0.5, 0.6) is 0 Å². The summed E-state index contributed by atoms with van der Waals surface area (Å²) < 4.78 is 1.79. The van der Waals surface area contributed by atoms with Gasteiger partial charge in [-0.3, -0.25) is 4.79 Å². The number of carbonyl (C=O) groups excluding carboxylic acids is 1. The molecule has 1 amide bonds. The summed E-state index contributed by atoms with van der Waals surface area (Å²) in [6.07, 6.45) is 3.68. The first-order chi connectivity index (χ1) is 9.06. The van der Waals surface area contributed by atoms with Crippen LogP contribution in [0, 0.1) is 0 Å². The third kappa shape index (κ3) is 3.25. The first kappa shape index (κ1) is 12.9. The van der Waals surface area contributed by atoms with Gasteiger partial charge in [-0.15, -0.1) is 0 Å². The Kier molecular flexibility index (Phi) is 3.70. The summed E-state index contributed by atoms with van der Waals surface area (Å²) >= 11 is 0. The Labute approximate surface area is 111 Å². The molecule has 0 fully saturated rings. The van der Waals surface area contributed by atoms with E-state index in [2.05, 4.69) is 15.3 Å². The fraction of sp³-hybridized carbons (Fsp3) is 0.231. The third-order valence-corrected chi connectivity index (χ3v) is 2.36. The number of anilines is 1. The number of aromatic nitrogens is 3. The second-order valence-corrected chi connectivity index (χ2v) is 4.38. The average molecular weight is 258 g/mol. The van der Waals surface area contributed by atoms with E-state index in [0.29, 0.717) is 11.8 Å². The van der Waals surface area contributed by atoms with Crippen LogP contribution in [-0.4, -0.2) is 21.9 Å². The van der Waals surface area contributed by atoms with Gasteiger partial charge in [0.15, 0.2) is 0 Å². The lowest BCUT2D eigenvalue weighted by atomic mass is 10.3. The lowest BCUT2D eigenvalue weighted by Gasteiger charge is -2.05. The van der Waals surface area contributed by atoms with Gasteiger partial charge in [0.2, 0.25) is 0 Å². The summed E-state index contributed by atoms with van der Waals surface area (Å²) in [5.41, 5.74) is 5.48. The second kappa shape index (κ2) is 5.43. The Morgan fingerprint density at radius 2 is 1.95 bits per heavy atom. The van der Waals surface area contributed by atoms with Gasteiger partial charge in [-0.1, -0.05) is 6.07 Å². The van der Waals surface area contributed by atoms with Crippen LogP contribution < -0.4 is 15.6 Å². The predicted molar refractivity (Wildman–Crippen MR) is 70.8 cm³/mol. The largest absolute Gasteiger partial charge is 0.364 e. The van der Waals surface area contributed by atoms with E-state index < -0.39 is 5.91 Å². The summed E-state index contributed by atoms with van der Waals surface area (Å²) in [7, 11) is 0. The first-order valence-corrected chi connectivity index (χ1v) is 5.98. The molecule has 0 atom stereocenters. The van der Waals surface area contributed by atoms with E-state index in [1.807, 2.05) is 44.4 Å². The minimum absolute atomic E-state index is 0.164. The van der Waals surface area contributed by atoms with Gasteiger partial charge in [0.25, 0.3) is 5.91 Å². The van der Waals surface area contributed by atoms with Crippen molar-refractivity contribution >= 4 is 11.9 Å². The highest BCUT2D eigenvalue weighted by molar-refractivity contribution is 5.91. The SMILES string of the molecule is CC(C)Nc1nc(C(N)=O)cc(-[n+]2ccccc2)n1. The van der Waals surface area contributed by atoms with E-state index in [0.717, 1.165) is 0 Å². The number of pyridine rings is 1. The molecule has 0 saturated heterocycles. The van der Waals surface area contributed by atoms with Crippen LogP contribution in [0.2, 0.25) is 0 Å². The van der Waals surface area contributed by atoms with E-state index in [-0.39, 0.29) is 11.7 Å². The molecule has 19 heavy (non-hydrogen) atoms. The highest BCUT2D eigenvalue weighted by atomic mass is 16.1. The van der Waals surface area contributed by atoms with Crippen LogP contribution >= 0.6 is 0 Å². The van der Waals surface area contributed by atoms with Gasteiger partial charge in [-0.25, -0.2) is 4.57 Å². The van der Waals surface area contributed by atoms with E-state index in [1.54, 1.807) is 10.6 Å². The van der Waals surface area contributed by atoms with Gasteiger partial charge in [-0.2, -0.15) is 4.98 Å². The lowest BCUT2D eigenvalue weighted by molar-refractivity contribution is -0.599. The Morgan fingerprint density at radius 1 is 1.26 bits per heavy atom. The molecule has 0 spiro atoms. The first-order valence-electron chi connectivity index (χ1n) is 5.98. The van der Waals surface area contributed by atoms with Crippen molar-refractivity contribution in [3.8, 4) is 5.82 Å². The quantitative estimate of drug-likeness (QED) is 0.789. The summed E-state index contributed by atoms with van der Waals surface area (Å²) in [6.45, 7) is 3.94. The van der Waals surface area contributed by atoms with Crippen molar-refractivity contribution in [1.29, 1.82) is 0 Å². The second-order valence-electron chi connectivity index (χ2n) is 4.38. The fourth-order valence-corrected chi connectivity index (χ4v) is 1.57. The molecule has 3 N–H and O–H groups in total. The van der Waals surface area contributed by atoms with Crippen LogP contribution in [0.25, 0.3) is 5.82 Å². The van der Waals surface area contributed by atoms with Gasteiger partial charge < -0.3 is 11.1 Å². The van der Waals surface area contributed by atoms with Crippen molar-refractivity contribution in [2.45, 2.75) is 19.9 Å². The van der Waals surface area contributed by atoms with Gasteiger partial charge >= 0.3 is 11.8 Å². The molecule has 2 rings (SSSR count). The number of rotatable bonds is 4. The average Bonchev–Trinajstić information content (AvgIpc) is 2.38. The summed E-state index contributed by atoms with van der Waals surface area (Å²) in [6, 6.07) is 7.38. The molecule has 6 nitrogen and oxygen atoms in total. The van der Waals surface area contributed by atoms with E-state index in [9.17, 15) is 4.79 Å². The van der Waals surface area contributed by atoms with E-state index >= 15 is 0 Å². The van der Waals surface area contributed by atoms with Crippen molar-refractivity contribution < 1.29 is 9.36 Å². The van der Waals surface area contributed by atoms with E-state index in [1.165, 1.54) is 0 Å². The van der Waals surface area contributed by atoms with Crippen molar-refractivity contribution in [2.75, 3.05) is 5.32 Å². The van der Waals surface area contributed by atoms with Gasteiger partial charge in [0, 0.05) is 6.04 Å². The minimum Gasteiger partial charge on any atom is -0.364 e. The molecule has 0 unspecified atom stereocenters. The maximum Gasteiger partial charge on any atom is 0.339 e. The molecule has 0 bridgehead atoms. The number of nitrogens with two attached hydrogens (primary N) is 1. The number of nitrogens with zero attached hydrogens (tertiary/aromatic N) is 3. The Hall–Kier alpha value is -2.50. The zero-order valence-corrected chi connectivity index (χ0v) is 10.9. The standard InChI is InChI=1S/C13H15N5O/c1-9(2)15-13-16-10(12(14)19)8-11(17-13)18-6-4-3-5-7-18/h3-9H,1-2H3,(H2-,14,15,16,17,19)/p+1. The van der Waals surface area contributed by atoms with Crippen LogP contribution in [0.3, 0.4) is 0 Å². The monoisotopic (exact) mass is 258 g/mol. The normalized spacial score (nSPS) is 10.5. The maximum absolute atomic E-state index is 11.3. The van der Waals surface area contributed by atoms with Crippen molar-refractivity contribution in [1.82, 2.24) is 9.97 Å². The Balaban J connectivity index is 2.48. The number of carbonyl (C=O) groups is 1. The molecule has 98 valence electrons. The van der Waals surface area contributed by atoms with E-state index in [4.69, 9.17) is 5.73 Å². The zero-order valence-electron chi connectivity index (χ0n) is 10.9. The minimum atomic E-state index is -0.577. The molecule has 0 radical (unpaired) electrons. The lowest BCUT2D eigenvalue weighted by Crippen LogP contribution is -2.32. The molecule has 2 aromatic rings. The maximum atomic E-state index is 11.3. The topological polar surface area (TPSA) is 84.8 Å². The van der Waals surface area contributed by atoms with Gasteiger partial charge in [0.05, 0.1) is 18.5 Å². The third-order valence-electron chi connectivity index (χ3n) is 2.36. The molecule has 0 saturated carbocycles. The molecular formula is C13H16N5O+. The van der Waals surface area contributed by atoms with Crippen LogP contribution in [0.1, 0.15) is 24.3 Å². The van der Waals surface area contributed by atoms with Crippen molar-refractivity contribution in [3.05, 3.63) is 42.4 Å². The molecule has 0 aliphatic heterocycles. The molecule has 2 heterocycles. The summed E-state index contributed by atoms with van der Waals surface area (Å²) in [5, 5.41) is 3.07.